The van der Waals surface area contributed by atoms with Crippen molar-refractivity contribution in [2.45, 2.75) is 26.7 Å². The summed E-state index contributed by atoms with van der Waals surface area (Å²) in [4.78, 5) is 0. The Labute approximate surface area is 163 Å². The summed E-state index contributed by atoms with van der Waals surface area (Å²) >= 11 is 0. The van der Waals surface area contributed by atoms with Crippen LogP contribution in [-0.4, -0.2) is 0 Å². The van der Waals surface area contributed by atoms with E-state index >= 15 is 0 Å². The van der Waals surface area contributed by atoms with Crippen LogP contribution in [0.25, 0.3) is 0 Å². The lowest BCUT2D eigenvalue weighted by Gasteiger charge is -2.23. The lowest BCUT2D eigenvalue weighted by molar-refractivity contribution is 0.561. The Morgan fingerprint density at radius 1 is 0.720 bits per heavy atom. The van der Waals surface area contributed by atoms with E-state index in [1.165, 1.54) is 27.9 Å². The van der Waals surface area contributed by atoms with Crippen LogP contribution in [0.3, 0.4) is 0 Å². The van der Waals surface area contributed by atoms with Crippen molar-refractivity contribution in [3.05, 3.63) is 90.5 Å². The van der Waals surface area contributed by atoms with Gasteiger partial charge in [-0.1, -0.05) is 105 Å². The molecule has 0 N–H and O–H groups in total. The molecule has 0 heterocycles. The lowest BCUT2D eigenvalue weighted by atomic mass is 9.99. The van der Waals surface area contributed by atoms with Crippen LogP contribution in [0.4, 0.5) is 0 Å². The van der Waals surface area contributed by atoms with Gasteiger partial charge in [-0.05, 0) is 41.7 Å². The maximum absolute atomic E-state index is 2.35. The smallest absolute Gasteiger partial charge is 0.0119 e. The minimum atomic E-state index is -0.502. The minimum Gasteiger partial charge on any atom is -0.114 e. The van der Waals surface area contributed by atoms with Gasteiger partial charge in [0.1, 0.15) is 0 Å². The van der Waals surface area contributed by atoms with Crippen molar-refractivity contribution in [2.75, 3.05) is 0 Å². The molecule has 0 spiro atoms. The molecular formula is C23H26BrP. The standard InChI is InChI=1S/C23H25P.BrH/c1-3-19(2)18-20-12-10-11-17-23(20)24(21-13-6-4-7-14-21)22-15-8-5-9-16-22;/h4-17,19H,3,18H2,1-2H3;1H. The number of halogens is 1. The van der Waals surface area contributed by atoms with Crippen LogP contribution in [0.15, 0.2) is 84.9 Å². The van der Waals surface area contributed by atoms with Gasteiger partial charge in [0.15, 0.2) is 0 Å². The molecule has 3 aromatic rings. The van der Waals surface area contributed by atoms with E-state index in [1.807, 2.05) is 0 Å². The molecule has 0 aliphatic heterocycles. The summed E-state index contributed by atoms with van der Waals surface area (Å²) in [5, 5.41) is 4.36. The first-order valence-electron chi connectivity index (χ1n) is 8.77. The second kappa shape index (κ2) is 9.90. The Balaban J connectivity index is 0.00000225. The van der Waals surface area contributed by atoms with Crippen molar-refractivity contribution in [3.63, 3.8) is 0 Å². The molecule has 0 aromatic heterocycles. The SMILES string of the molecule is Br.CCC(C)Cc1ccccc1P(c1ccccc1)c1ccccc1. The minimum absolute atomic E-state index is 0. The zero-order chi connectivity index (χ0) is 16.8. The topological polar surface area (TPSA) is 0 Å². The monoisotopic (exact) mass is 412 g/mol. The van der Waals surface area contributed by atoms with Crippen LogP contribution in [0.2, 0.25) is 0 Å². The van der Waals surface area contributed by atoms with E-state index < -0.39 is 7.92 Å². The Morgan fingerprint density at radius 3 is 1.72 bits per heavy atom. The molecule has 2 heteroatoms. The van der Waals surface area contributed by atoms with E-state index in [4.69, 9.17) is 0 Å². The highest BCUT2D eigenvalue weighted by atomic mass is 79.9. The first kappa shape index (κ1) is 19.9. The number of benzene rings is 3. The summed E-state index contributed by atoms with van der Waals surface area (Å²) in [6.07, 6.45) is 2.38. The molecule has 1 unspecified atom stereocenters. The van der Waals surface area contributed by atoms with Gasteiger partial charge >= 0.3 is 0 Å². The summed E-state index contributed by atoms with van der Waals surface area (Å²) in [5.41, 5.74) is 1.51. The number of hydrogen-bond acceptors (Lipinski definition) is 0. The van der Waals surface area contributed by atoms with Crippen molar-refractivity contribution in [2.24, 2.45) is 5.92 Å². The van der Waals surface area contributed by atoms with Gasteiger partial charge in [-0.25, -0.2) is 0 Å². The zero-order valence-electron chi connectivity index (χ0n) is 14.9. The fraction of sp³-hybridized carbons (Fsp3) is 0.217. The van der Waals surface area contributed by atoms with Crippen LogP contribution in [-0.2, 0) is 6.42 Å². The van der Waals surface area contributed by atoms with E-state index in [1.54, 1.807) is 0 Å². The van der Waals surface area contributed by atoms with Gasteiger partial charge in [-0.3, -0.25) is 0 Å². The van der Waals surface area contributed by atoms with Gasteiger partial charge in [-0.15, -0.1) is 17.0 Å². The predicted octanol–water partition coefficient (Wildman–Crippen LogP) is 5.61. The fourth-order valence-corrected chi connectivity index (χ4v) is 5.49. The van der Waals surface area contributed by atoms with Gasteiger partial charge in [0.25, 0.3) is 0 Å². The van der Waals surface area contributed by atoms with Gasteiger partial charge in [0.2, 0.25) is 0 Å². The van der Waals surface area contributed by atoms with Crippen LogP contribution >= 0.6 is 24.9 Å². The average Bonchev–Trinajstić information content (AvgIpc) is 2.65. The molecule has 0 aliphatic rings. The number of rotatable bonds is 6. The van der Waals surface area contributed by atoms with Crippen molar-refractivity contribution in [3.8, 4) is 0 Å². The average molecular weight is 413 g/mol. The molecule has 0 saturated carbocycles. The normalized spacial score (nSPS) is 11.8. The quantitative estimate of drug-likeness (QED) is 0.461. The van der Waals surface area contributed by atoms with Crippen molar-refractivity contribution in [1.82, 2.24) is 0 Å². The van der Waals surface area contributed by atoms with Crippen LogP contribution in [0.5, 0.6) is 0 Å². The molecule has 0 bridgehead atoms. The van der Waals surface area contributed by atoms with E-state index in [0.29, 0.717) is 0 Å². The maximum Gasteiger partial charge on any atom is -0.0119 e. The third-order valence-corrected chi connectivity index (χ3v) is 7.07. The first-order chi connectivity index (χ1) is 11.8. The third-order valence-electron chi connectivity index (χ3n) is 4.53. The Morgan fingerprint density at radius 2 is 1.20 bits per heavy atom. The molecule has 0 nitrogen and oxygen atoms in total. The second-order valence-electron chi connectivity index (χ2n) is 6.35. The summed E-state index contributed by atoms with van der Waals surface area (Å²) in [7, 11) is -0.502. The molecule has 130 valence electrons. The molecule has 0 fully saturated rings. The summed E-state index contributed by atoms with van der Waals surface area (Å²) in [6.45, 7) is 4.63. The Hall–Kier alpha value is -1.43. The largest absolute Gasteiger partial charge is 0.114 e. The van der Waals surface area contributed by atoms with E-state index in [9.17, 15) is 0 Å². The molecular weight excluding hydrogens is 387 g/mol. The van der Waals surface area contributed by atoms with E-state index in [0.717, 1.165) is 12.3 Å². The van der Waals surface area contributed by atoms with Gasteiger partial charge in [0.05, 0.1) is 0 Å². The molecule has 0 saturated heterocycles. The summed E-state index contributed by atoms with van der Waals surface area (Å²) < 4.78 is 0. The van der Waals surface area contributed by atoms with Crippen LogP contribution in [0.1, 0.15) is 25.8 Å². The molecule has 0 radical (unpaired) electrons. The first-order valence-corrected chi connectivity index (χ1v) is 10.1. The molecule has 1 atom stereocenters. The summed E-state index contributed by atoms with van der Waals surface area (Å²) in [6, 6.07) is 31.0. The molecule has 3 aromatic carbocycles. The lowest BCUT2D eigenvalue weighted by Crippen LogP contribution is -2.24. The van der Waals surface area contributed by atoms with Crippen LogP contribution in [0, 0.1) is 5.92 Å². The van der Waals surface area contributed by atoms with Crippen LogP contribution < -0.4 is 15.9 Å². The maximum atomic E-state index is 2.35. The van der Waals surface area contributed by atoms with Gasteiger partial charge < -0.3 is 0 Å². The van der Waals surface area contributed by atoms with Gasteiger partial charge in [-0.2, -0.15) is 0 Å². The fourth-order valence-electron chi connectivity index (χ4n) is 3.00. The van der Waals surface area contributed by atoms with Crippen molar-refractivity contribution < 1.29 is 0 Å². The molecule has 0 amide bonds. The molecule has 0 aliphatic carbocycles. The Kier molecular flexibility index (Phi) is 7.88. The second-order valence-corrected chi connectivity index (χ2v) is 8.54. The zero-order valence-corrected chi connectivity index (χ0v) is 17.5. The van der Waals surface area contributed by atoms with E-state index in [-0.39, 0.29) is 17.0 Å². The molecule has 3 rings (SSSR count). The number of hydrogen-bond donors (Lipinski definition) is 0. The highest BCUT2D eigenvalue weighted by Gasteiger charge is 2.19. The van der Waals surface area contributed by atoms with Crippen molar-refractivity contribution in [1.29, 1.82) is 0 Å². The summed E-state index contributed by atoms with van der Waals surface area (Å²) in [5.74, 6) is 0.717. The molecule has 25 heavy (non-hydrogen) atoms. The highest BCUT2D eigenvalue weighted by Crippen LogP contribution is 2.34. The Bertz CT molecular complexity index is 716. The predicted molar refractivity (Wildman–Crippen MR) is 119 cm³/mol. The van der Waals surface area contributed by atoms with Crippen molar-refractivity contribution >= 4 is 40.8 Å². The highest BCUT2D eigenvalue weighted by molar-refractivity contribution is 8.93. The third kappa shape index (κ3) is 5.03. The van der Waals surface area contributed by atoms with E-state index in [2.05, 4.69) is 98.8 Å². The van der Waals surface area contributed by atoms with Gasteiger partial charge in [0, 0.05) is 0 Å².